The van der Waals surface area contributed by atoms with Gasteiger partial charge in [0.15, 0.2) is 9.84 Å². The first-order valence-corrected chi connectivity index (χ1v) is 12.8. The maximum atomic E-state index is 13.2. The van der Waals surface area contributed by atoms with Crippen LogP contribution < -0.4 is 0 Å². The Morgan fingerprint density at radius 1 is 1.00 bits per heavy atom. The Morgan fingerprint density at radius 3 is 2.40 bits per heavy atom. The molecule has 10 heteroatoms. The molecule has 30 heavy (non-hydrogen) atoms. The van der Waals surface area contributed by atoms with Crippen LogP contribution >= 0.6 is 23.2 Å². The van der Waals surface area contributed by atoms with Crippen molar-refractivity contribution >= 4 is 44.9 Å². The van der Waals surface area contributed by atoms with Crippen molar-refractivity contribution in [3.63, 3.8) is 0 Å². The number of sulfone groups is 1. The van der Waals surface area contributed by atoms with Gasteiger partial charge in [0.1, 0.15) is 6.04 Å². The SMILES string of the molecule is O=C(C1CCCN1C(=O)c1cc(Cl)ccc1Cl)N1CCN(C2CCS(=O)(=O)C2)CC1. The second-order valence-corrected chi connectivity index (χ2v) is 11.3. The van der Waals surface area contributed by atoms with Gasteiger partial charge in [-0.25, -0.2) is 8.42 Å². The summed E-state index contributed by atoms with van der Waals surface area (Å²) in [7, 11) is -2.92. The zero-order valence-electron chi connectivity index (χ0n) is 16.6. The van der Waals surface area contributed by atoms with Crippen molar-refractivity contribution in [2.45, 2.75) is 31.3 Å². The number of hydrogen-bond acceptors (Lipinski definition) is 5. The lowest BCUT2D eigenvalue weighted by Gasteiger charge is -2.39. The minimum absolute atomic E-state index is 0.0438. The minimum atomic E-state index is -2.92. The number of piperazine rings is 1. The molecule has 2 amide bonds. The summed E-state index contributed by atoms with van der Waals surface area (Å²) in [6.07, 6.45) is 2.06. The molecule has 7 nitrogen and oxygen atoms in total. The van der Waals surface area contributed by atoms with Crippen LogP contribution in [-0.4, -0.2) is 91.2 Å². The second kappa shape index (κ2) is 8.65. The molecule has 0 aromatic heterocycles. The number of carbonyl (C=O) groups excluding carboxylic acids is 2. The quantitative estimate of drug-likeness (QED) is 0.669. The first kappa shape index (κ1) is 21.9. The Balaban J connectivity index is 1.39. The average Bonchev–Trinajstić information content (AvgIpc) is 3.35. The van der Waals surface area contributed by atoms with Gasteiger partial charge >= 0.3 is 0 Å². The molecule has 0 spiro atoms. The van der Waals surface area contributed by atoms with Crippen LogP contribution in [0.3, 0.4) is 0 Å². The standard InChI is InChI=1S/C20H25Cl2N3O4S/c21-14-3-4-17(22)16(12-14)19(26)25-6-1-2-18(25)20(27)24-9-7-23(8-10-24)15-5-11-30(28,29)13-15/h3-4,12,15,18H,1-2,5-11,13H2. The molecule has 3 heterocycles. The predicted molar refractivity (Wildman–Crippen MR) is 116 cm³/mol. The molecular formula is C20H25Cl2N3O4S. The van der Waals surface area contributed by atoms with Gasteiger partial charge in [-0.1, -0.05) is 23.2 Å². The van der Waals surface area contributed by atoms with Gasteiger partial charge in [0.05, 0.1) is 22.1 Å². The zero-order chi connectivity index (χ0) is 21.5. The Labute approximate surface area is 186 Å². The van der Waals surface area contributed by atoms with E-state index in [0.29, 0.717) is 61.2 Å². The molecule has 1 aromatic rings. The lowest BCUT2D eigenvalue weighted by molar-refractivity contribution is -0.137. The highest BCUT2D eigenvalue weighted by Crippen LogP contribution is 2.28. The lowest BCUT2D eigenvalue weighted by Crippen LogP contribution is -2.56. The molecule has 0 N–H and O–H groups in total. The molecular weight excluding hydrogens is 449 g/mol. The van der Waals surface area contributed by atoms with Crippen molar-refractivity contribution in [3.05, 3.63) is 33.8 Å². The number of hydrogen-bond donors (Lipinski definition) is 0. The second-order valence-electron chi connectivity index (χ2n) is 8.20. The van der Waals surface area contributed by atoms with Crippen LogP contribution in [0, 0.1) is 0 Å². The summed E-state index contributed by atoms with van der Waals surface area (Å²) in [6, 6.07) is 4.32. The number of nitrogens with zero attached hydrogens (tertiary/aromatic N) is 3. The van der Waals surface area contributed by atoms with Gasteiger partial charge in [0.2, 0.25) is 5.91 Å². The summed E-state index contributed by atoms with van der Waals surface area (Å²) in [5.74, 6) is 0.152. The van der Waals surface area contributed by atoms with Crippen molar-refractivity contribution in [2.75, 3.05) is 44.2 Å². The topological polar surface area (TPSA) is 78.0 Å². The molecule has 1 aromatic carbocycles. The summed E-state index contributed by atoms with van der Waals surface area (Å²) in [6.45, 7) is 2.93. The molecule has 2 unspecified atom stereocenters. The van der Waals surface area contributed by atoms with E-state index in [1.165, 1.54) is 0 Å². The monoisotopic (exact) mass is 473 g/mol. The minimum Gasteiger partial charge on any atom is -0.338 e. The summed E-state index contributed by atoms with van der Waals surface area (Å²) < 4.78 is 23.5. The van der Waals surface area contributed by atoms with Gasteiger partial charge in [0, 0.05) is 43.8 Å². The van der Waals surface area contributed by atoms with E-state index in [1.54, 1.807) is 28.0 Å². The summed E-state index contributed by atoms with van der Waals surface area (Å²) >= 11 is 12.2. The molecule has 2 atom stereocenters. The number of carbonyl (C=O) groups is 2. The average molecular weight is 474 g/mol. The van der Waals surface area contributed by atoms with Gasteiger partial charge in [-0.3, -0.25) is 14.5 Å². The summed E-state index contributed by atoms with van der Waals surface area (Å²) in [5, 5.41) is 0.748. The molecule has 3 aliphatic rings. The summed E-state index contributed by atoms with van der Waals surface area (Å²) in [5.41, 5.74) is 0.316. The molecule has 3 fully saturated rings. The van der Waals surface area contributed by atoms with E-state index in [1.807, 2.05) is 0 Å². The number of rotatable bonds is 3. The largest absolute Gasteiger partial charge is 0.338 e. The van der Waals surface area contributed by atoms with Crippen molar-refractivity contribution in [1.82, 2.24) is 14.7 Å². The predicted octanol–water partition coefficient (Wildman–Crippen LogP) is 1.93. The molecule has 0 bridgehead atoms. The highest BCUT2D eigenvalue weighted by atomic mass is 35.5. The van der Waals surface area contributed by atoms with Crippen LogP contribution in [0.2, 0.25) is 10.0 Å². The highest BCUT2D eigenvalue weighted by Gasteiger charge is 2.39. The third-order valence-corrected chi connectivity index (χ3v) is 8.62. The molecule has 0 radical (unpaired) electrons. The Kier molecular flexibility index (Phi) is 6.30. The number of likely N-dealkylation sites (tertiary alicyclic amines) is 1. The van der Waals surface area contributed by atoms with Crippen LogP contribution in [0.1, 0.15) is 29.6 Å². The van der Waals surface area contributed by atoms with Crippen LogP contribution in [-0.2, 0) is 14.6 Å². The van der Waals surface area contributed by atoms with E-state index < -0.39 is 15.9 Å². The van der Waals surface area contributed by atoms with Crippen LogP contribution in [0.15, 0.2) is 18.2 Å². The van der Waals surface area contributed by atoms with E-state index in [4.69, 9.17) is 23.2 Å². The van der Waals surface area contributed by atoms with Gasteiger partial charge < -0.3 is 9.80 Å². The van der Waals surface area contributed by atoms with E-state index in [-0.39, 0.29) is 29.4 Å². The van der Waals surface area contributed by atoms with E-state index >= 15 is 0 Å². The first-order chi connectivity index (χ1) is 14.2. The van der Waals surface area contributed by atoms with Gasteiger partial charge in [-0.15, -0.1) is 0 Å². The van der Waals surface area contributed by atoms with E-state index in [9.17, 15) is 18.0 Å². The van der Waals surface area contributed by atoms with Gasteiger partial charge in [-0.05, 0) is 37.5 Å². The maximum Gasteiger partial charge on any atom is 0.256 e. The Hall–Kier alpha value is -1.35. The highest BCUT2D eigenvalue weighted by molar-refractivity contribution is 7.91. The zero-order valence-corrected chi connectivity index (χ0v) is 18.9. The van der Waals surface area contributed by atoms with Crippen LogP contribution in [0.5, 0.6) is 0 Å². The fourth-order valence-electron chi connectivity index (χ4n) is 4.66. The first-order valence-electron chi connectivity index (χ1n) is 10.2. The molecule has 4 rings (SSSR count). The molecule has 3 saturated heterocycles. The fraction of sp³-hybridized carbons (Fsp3) is 0.600. The number of amides is 2. The van der Waals surface area contributed by atoms with Crippen molar-refractivity contribution in [3.8, 4) is 0 Å². The van der Waals surface area contributed by atoms with Crippen molar-refractivity contribution in [1.29, 1.82) is 0 Å². The Bertz CT molecular complexity index is 947. The van der Waals surface area contributed by atoms with Gasteiger partial charge in [0.25, 0.3) is 5.91 Å². The third-order valence-electron chi connectivity index (χ3n) is 6.31. The smallest absolute Gasteiger partial charge is 0.256 e. The molecule has 164 valence electrons. The van der Waals surface area contributed by atoms with Gasteiger partial charge in [-0.2, -0.15) is 0 Å². The van der Waals surface area contributed by atoms with Crippen molar-refractivity contribution < 1.29 is 18.0 Å². The third kappa shape index (κ3) is 4.47. The van der Waals surface area contributed by atoms with Crippen LogP contribution in [0.25, 0.3) is 0 Å². The Morgan fingerprint density at radius 2 is 1.73 bits per heavy atom. The number of benzene rings is 1. The van der Waals surface area contributed by atoms with E-state index in [2.05, 4.69) is 4.90 Å². The van der Waals surface area contributed by atoms with Crippen molar-refractivity contribution in [2.24, 2.45) is 0 Å². The molecule has 0 saturated carbocycles. The fourth-order valence-corrected chi connectivity index (χ4v) is 6.80. The lowest BCUT2D eigenvalue weighted by atomic mass is 10.1. The normalized spacial score (nSPS) is 26.9. The van der Waals surface area contributed by atoms with E-state index in [0.717, 1.165) is 6.42 Å². The summed E-state index contributed by atoms with van der Waals surface area (Å²) in [4.78, 5) is 31.8. The molecule has 0 aliphatic carbocycles. The molecule has 3 aliphatic heterocycles. The maximum absolute atomic E-state index is 13.2. The number of halogens is 2. The van der Waals surface area contributed by atoms with Crippen LogP contribution in [0.4, 0.5) is 0 Å².